The minimum Gasteiger partial charge on any atom is -0.497 e. The summed E-state index contributed by atoms with van der Waals surface area (Å²) in [5, 5.41) is 19.2. The topological polar surface area (TPSA) is 86.5 Å². The maximum absolute atomic E-state index is 5.38. The molecule has 4 aromatic rings. The van der Waals surface area contributed by atoms with Gasteiger partial charge in [0.2, 0.25) is 0 Å². The zero-order valence-corrected chi connectivity index (χ0v) is 14.9. The molecule has 0 aliphatic carbocycles. The van der Waals surface area contributed by atoms with Crippen LogP contribution < -0.4 is 14.8 Å². The maximum Gasteiger partial charge on any atom is 0.200 e. The lowest BCUT2D eigenvalue weighted by molar-refractivity contribution is 0.413. The van der Waals surface area contributed by atoms with Crippen molar-refractivity contribution in [1.82, 2.24) is 25.3 Å². The number of ether oxygens (including phenoxy) is 2. The standard InChI is InChI=1S/C19H18N6O2/c1-26-15-7-3-5-13(11-15)19(14-6-4-8-16(12-14)27-2)20-17-9-10-18-21-23-24-25(18)22-17/h3-12,19H,1-2H3,(H,20,22). The van der Waals surface area contributed by atoms with Crippen LogP contribution in [0.4, 0.5) is 5.82 Å². The third kappa shape index (κ3) is 3.50. The molecule has 0 amide bonds. The normalized spacial score (nSPS) is 10.9. The van der Waals surface area contributed by atoms with Crippen molar-refractivity contribution in [2.24, 2.45) is 0 Å². The first-order valence-electron chi connectivity index (χ1n) is 8.37. The molecule has 0 fully saturated rings. The van der Waals surface area contributed by atoms with Crippen LogP contribution in [0.25, 0.3) is 5.65 Å². The van der Waals surface area contributed by atoms with Crippen LogP contribution >= 0.6 is 0 Å². The molecular weight excluding hydrogens is 344 g/mol. The molecule has 0 atom stereocenters. The summed E-state index contributed by atoms with van der Waals surface area (Å²) in [6, 6.07) is 19.3. The van der Waals surface area contributed by atoms with Gasteiger partial charge in [0.25, 0.3) is 0 Å². The molecule has 0 saturated heterocycles. The molecule has 1 N–H and O–H groups in total. The van der Waals surface area contributed by atoms with E-state index in [2.05, 4.69) is 25.9 Å². The molecule has 2 aromatic heterocycles. The third-order valence-corrected chi connectivity index (χ3v) is 4.22. The molecule has 0 saturated carbocycles. The van der Waals surface area contributed by atoms with Crippen LogP contribution in [0.1, 0.15) is 17.2 Å². The van der Waals surface area contributed by atoms with E-state index in [0.717, 1.165) is 22.6 Å². The van der Waals surface area contributed by atoms with E-state index < -0.39 is 0 Å². The van der Waals surface area contributed by atoms with Gasteiger partial charge in [0.05, 0.1) is 20.3 Å². The monoisotopic (exact) mass is 362 g/mol. The lowest BCUT2D eigenvalue weighted by atomic mass is 9.98. The largest absolute Gasteiger partial charge is 0.497 e. The fourth-order valence-electron chi connectivity index (χ4n) is 2.88. The van der Waals surface area contributed by atoms with E-state index in [4.69, 9.17) is 9.47 Å². The lowest BCUT2D eigenvalue weighted by Gasteiger charge is -2.21. The average molecular weight is 362 g/mol. The molecule has 8 nitrogen and oxygen atoms in total. The van der Waals surface area contributed by atoms with E-state index in [9.17, 15) is 0 Å². The molecule has 0 unspecified atom stereocenters. The van der Waals surface area contributed by atoms with Gasteiger partial charge >= 0.3 is 0 Å². The Kier molecular flexibility index (Phi) is 4.52. The number of benzene rings is 2. The molecule has 0 spiro atoms. The van der Waals surface area contributed by atoms with Gasteiger partial charge in [-0.25, -0.2) is 0 Å². The second-order valence-electron chi connectivity index (χ2n) is 5.88. The molecule has 2 aromatic carbocycles. The highest BCUT2D eigenvalue weighted by atomic mass is 16.5. The Morgan fingerprint density at radius 2 is 1.56 bits per heavy atom. The summed E-state index contributed by atoms with van der Waals surface area (Å²) >= 11 is 0. The van der Waals surface area contributed by atoms with Gasteiger partial charge in [0, 0.05) is 0 Å². The van der Waals surface area contributed by atoms with E-state index in [1.807, 2.05) is 60.7 Å². The van der Waals surface area contributed by atoms with E-state index in [1.165, 1.54) is 4.63 Å². The Bertz CT molecular complexity index is 1020. The van der Waals surface area contributed by atoms with Crippen molar-refractivity contribution >= 4 is 11.5 Å². The van der Waals surface area contributed by atoms with E-state index in [-0.39, 0.29) is 6.04 Å². The number of hydrogen-bond donors (Lipinski definition) is 1. The van der Waals surface area contributed by atoms with Gasteiger partial charge in [-0.1, -0.05) is 24.3 Å². The summed E-state index contributed by atoms with van der Waals surface area (Å²) in [7, 11) is 3.31. The van der Waals surface area contributed by atoms with Gasteiger partial charge in [-0.2, -0.15) is 0 Å². The molecule has 0 bridgehead atoms. The second-order valence-corrected chi connectivity index (χ2v) is 5.88. The van der Waals surface area contributed by atoms with Crippen LogP contribution in [0.3, 0.4) is 0 Å². The van der Waals surface area contributed by atoms with Crippen molar-refractivity contribution in [3.05, 3.63) is 71.8 Å². The van der Waals surface area contributed by atoms with E-state index in [1.54, 1.807) is 14.2 Å². The number of fused-ring (bicyclic) bond motifs is 1. The van der Waals surface area contributed by atoms with Gasteiger partial charge in [-0.05, 0) is 58.0 Å². The predicted octanol–water partition coefficient (Wildman–Crippen LogP) is 2.74. The first-order chi connectivity index (χ1) is 13.3. The molecule has 136 valence electrons. The molecule has 0 aliphatic rings. The number of rotatable bonds is 6. The second kappa shape index (κ2) is 7.28. The van der Waals surface area contributed by atoms with Crippen LogP contribution in [0.15, 0.2) is 60.7 Å². The Hall–Kier alpha value is -3.68. The van der Waals surface area contributed by atoms with E-state index in [0.29, 0.717) is 11.5 Å². The molecule has 4 rings (SSSR count). The minimum absolute atomic E-state index is 0.170. The highest BCUT2D eigenvalue weighted by molar-refractivity contribution is 5.49. The predicted molar refractivity (Wildman–Crippen MR) is 100 cm³/mol. The van der Waals surface area contributed by atoms with E-state index >= 15 is 0 Å². The number of aromatic nitrogens is 5. The molecule has 2 heterocycles. The molecule has 0 aliphatic heterocycles. The number of tetrazole rings is 1. The molecule has 8 heteroatoms. The van der Waals surface area contributed by atoms with Gasteiger partial charge in [0.1, 0.15) is 17.3 Å². The summed E-state index contributed by atoms with van der Waals surface area (Å²) in [5.74, 6) is 2.21. The minimum atomic E-state index is -0.170. The van der Waals surface area contributed by atoms with Crippen LogP contribution in [-0.4, -0.2) is 39.5 Å². The Labute approximate surface area is 155 Å². The van der Waals surface area contributed by atoms with Gasteiger partial charge in [-0.15, -0.1) is 14.8 Å². The van der Waals surface area contributed by atoms with Crippen LogP contribution in [0.5, 0.6) is 11.5 Å². The smallest absolute Gasteiger partial charge is 0.200 e. The summed E-state index contributed by atoms with van der Waals surface area (Å²) in [6.45, 7) is 0. The van der Waals surface area contributed by atoms with Crippen LogP contribution in [-0.2, 0) is 0 Å². The summed E-state index contributed by atoms with van der Waals surface area (Å²) in [4.78, 5) is 0. The summed E-state index contributed by atoms with van der Waals surface area (Å²) in [6.07, 6.45) is 0. The third-order valence-electron chi connectivity index (χ3n) is 4.22. The average Bonchev–Trinajstić information content (AvgIpc) is 3.20. The summed E-state index contributed by atoms with van der Waals surface area (Å²) in [5.41, 5.74) is 2.64. The van der Waals surface area contributed by atoms with Gasteiger partial charge in [-0.3, -0.25) is 0 Å². The van der Waals surface area contributed by atoms with Crippen molar-refractivity contribution < 1.29 is 9.47 Å². The number of hydrogen-bond acceptors (Lipinski definition) is 7. The summed E-state index contributed by atoms with van der Waals surface area (Å²) < 4.78 is 12.2. The highest BCUT2D eigenvalue weighted by Gasteiger charge is 2.17. The SMILES string of the molecule is COc1cccc(C(Nc2ccc3nnnn3n2)c2cccc(OC)c2)c1. The number of nitrogens with one attached hydrogen (secondary N) is 1. The van der Waals surface area contributed by atoms with Gasteiger partial charge in [0.15, 0.2) is 5.65 Å². The van der Waals surface area contributed by atoms with Crippen molar-refractivity contribution in [2.75, 3.05) is 19.5 Å². The van der Waals surface area contributed by atoms with Crippen molar-refractivity contribution in [3.8, 4) is 11.5 Å². The number of methoxy groups -OCH3 is 2. The number of nitrogens with zero attached hydrogens (tertiary/aromatic N) is 5. The van der Waals surface area contributed by atoms with Gasteiger partial charge < -0.3 is 14.8 Å². The Balaban J connectivity index is 1.76. The van der Waals surface area contributed by atoms with Crippen LogP contribution in [0.2, 0.25) is 0 Å². The zero-order valence-electron chi connectivity index (χ0n) is 14.9. The molecule has 0 radical (unpaired) electrons. The first kappa shape index (κ1) is 16.8. The Morgan fingerprint density at radius 1 is 0.889 bits per heavy atom. The molecular formula is C19H18N6O2. The van der Waals surface area contributed by atoms with Crippen LogP contribution in [0, 0.1) is 0 Å². The highest BCUT2D eigenvalue weighted by Crippen LogP contribution is 2.30. The zero-order chi connectivity index (χ0) is 18.6. The van der Waals surface area contributed by atoms with Crippen molar-refractivity contribution in [1.29, 1.82) is 0 Å². The van der Waals surface area contributed by atoms with Crippen molar-refractivity contribution in [2.45, 2.75) is 6.04 Å². The first-order valence-corrected chi connectivity index (χ1v) is 8.37. The molecule has 27 heavy (non-hydrogen) atoms. The Morgan fingerprint density at radius 3 is 2.19 bits per heavy atom. The van der Waals surface area contributed by atoms with Crippen molar-refractivity contribution in [3.63, 3.8) is 0 Å². The fraction of sp³-hybridized carbons (Fsp3) is 0.158. The maximum atomic E-state index is 5.38. The quantitative estimate of drug-likeness (QED) is 0.564. The fourth-order valence-corrected chi connectivity index (χ4v) is 2.88. The number of anilines is 1. The lowest BCUT2D eigenvalue weighted by Crippen LogP contribution is -2.14.